The van der Waals surface area contributed by atoms with E-state index in [1.54, 1.807) is 29.2 Å². The second-order valence-electron chi connectivity index (χ2n) is 6.18. The maximum Gasteiger partial charge on any atom is 0.257 e. The molecule has 0 bridgehead atoms. The second-order valence-corrected chi connectivity index (χ2v) is 6.18. The van der Waals surface area contributed by atoms with E-state index in [-0.39, 0.29) is 12.5 Å². The van der Waals surface area contributed by atoms with Gasteiger partial charge in [-0.2, -0.15) is 5.26 Å². The molecule has 5 heteroatoms. The fourth-order valence-electron chi connectivity index (χ4n) is 2.99. The van der Waals surface area contributed by atoms with Crippen molar-refractivity contribution in [2.24, 2.45) is 0 Å². The van der Waals surface area contributed by atoms with Gasteiger partial charge >= 0.3 is 0 Å². The number of quaternary nitrogens is 1. The van der Waals surface area contributed by atoms with Crippen LogP contribution in [0, 0.1) is 11.3 Å². The van der Waals surface area contributed by atoms with Crippen LogP contribution in [0.15, 0.2) is 24.3 Å². The van der Waals surface area contributed by atoms with Crippen LogP contribution >= 0.6 is 0 Å². The molecular formula is C18H26N3O2+. The normalized spacial score (nSPS) is 20.5. The molecule has 0 radical (unpaired) electrons. The van der Waals surface area contributed by atoms with Gasteiger partial charge in [-0.05, 0) is 50.5 Å². The van der Waals surface area contributed by atoms with Crippen LogP contribution in [0.5, 0.6) is 5.75 Å². The zero-order valence-electron chi connectivity index (χ0n) is 13.8. The van der Waals surface area contributed by atoms with Gasteiger partial charge in [0.15, 0.2) is 6.61 Å². The first-order chi connectivity index (χ1) is 11.2. The highest BCUT2D eigenvalue weighted by Crippen LogP contribution is 2.11. The van der Waals surface area contributed by atoms with E-state index in [0.717, 1.165) is 19.0 Å². The van der Waals surface area contributed by atoms with Crippen molar-refractivity contribution in [2.75, 3.05) is 26.2 Å². The third-order valence-electron chi connectivity index (χ3n) is 4.43. The number of carbonyl (C=O) groups excluding carboxylic acids is 1. The van der Waals surface area contributed by atoms with Gasteiger partial charge in [-0.1, -0.05) is 0 Å². The Morgan fingerprint density at radius 3 is 2.87 bits per heavy atom. The number of carbonyl (C=O) groups is 1. The molecule has 0 saturated carbocycles. The van der Waals surface area contributed by atoms with Crippen molar-refractivity contribution in [1.82, 2.24) is 5.32 Å². The van der Waals surface area contributed by atoms with Crippen LogP contribution in [0.25, 0.3) is 0 Å². The van der Waals surface area contributed by atoms with Crippen molar-refractivity contribution in [3.8, 4) is 11.8 Å². The van der Waals surface area contributed by atoms with E-state index >= 15 is 0 Å². The number of hydrogen-bond donors (Lipinski definition) is 2. The maximum absolute atomic E-state index is 11.8. The van der Waals surface area contributed by atoms with Crippen LogP contribution in [-0.2, 0) is 4.79 Å². The lowest BCUT2D eigenvalue weighted by atomic mass is 10.0. The van der Waals surface area contributed by atoms with E-state index in [4.69, 9.17) is 10.00 Å². The van der Waals surface area contributed by atoms with Crippen LogP contribution in [-0.4, -0.2) is 38.2 Å². The zero-order chi connectivity index (χ0) is 16.5. The molecule has 5 nitrogen and oxygen atoms in total. The number of benzene rings is 1. The molecule has 1 aromatic carbocycles. The molecule has 0 spiro atoms. The van der Waals surface area contributed by atoms with Gasteiger partial charge in [0.1, 0.15) is 5.75 Å². The van der Waals surface area contributed by atoms with Gasteiger partial charge in [0.05, 0.1) is 30.8 Å². The fourth-order valence-corrected chi connectivity index (χ4v) is 2.99. The van der Waals surface area contributed by atoms with Crippen molar-refractivity contribution in [3.63, 3.8) is 0 Å². The highest BCUT2D eigenvalue weighted by Gasteiger charge is 2.20. The Balaban J connectivity index is 1.58. The second kappa shape index (κ2) is 9.16. The first kappa shape index (κ1) is 17.3. The lowest BCUT2D eigenvalue weighted by molar-refractivity contribution is -0.928. The summed E-state index contributed by atoms with van der Waals surface area (Å²) in [7, 11) is 0. The molecule has 1 aliphatic heterocycles. The standard InChI is InChI=1S/C18H25N3O2/c1-15-5-2-3-11-21(15)12-4-10-20-18(22)14-23-17-8-6-16(13-19)7-9-17/h6-9,15H,2-5,10-12,14H2,1H3,(H,20,22)/p+1/t15-/m0/s1. The molecule has 2 N–H and O–H groups in total. The van der Waals surface area contributed by atoms with Crippen LogP contribution in [0.4, 0.5) is 0 Å². The molecule has 1 saturated heterocycles. The molecule has 1 aromatic rings. The van der Waals surface area contributed by atoms with Gasteiger partial charge in [0, 0.05) is 13.0 Å². The zero-order valence-corrected chi connectivity index (χ0v) is 13.8. The number of rotatable bonds is 7. The highest BCUT2D eigenvalue weighted by atomic mass is 16.5. The number of amides is 1. The number of ether oxygens (including phenoxy) is 1. The minimum atomic E-state index is -0.101. The Morgan fingerprint density at radius 1 is 1.39 bits per heavy atom. The van der Waals surface area contributed by atoms with Crippen molar-refractivity contribution in [2.45, 2.75) is 38.6 Å². The Labute approximate surface area is 138 Å². The van der Waals surface area contributed by atoms with Crippen molar-refractivity contribution in [3.05, 3.63) is 29.8 Å². The summed E-state index contributed by atoms with van der Waals surface area (Å²) in [4.78, 5) is 13.4. The predicted octanol–water partition coefficient (Wildman–Crippen LogP) is 0.901. The summed E-state index contributed by atoms with van der Waals surface area (Å²) in [6.45, 7) is 5.41. The summed E-state index contributed by atoms with van der Waals surface area (Å²) < 4.78 is 5.40. The Morgan fingerprint density at radius 2 is 2.17 bits per heavy atom. The molecule has 2 rings (SSSR count). The number of likely N-dealkylation sites (tertiary alicyclic amines) is 1. The van der Waals surface area contributed by atoms with Crippen LogP contribution < -0.4 is 15.0 Å². The van der Waals surface area contributed by atoms with Crippen molar-refractivity contribution < 1.29 is 14.4 Å². The SMILES string of the molecule is C[C@H]1CCCC[NH+]1CCCNC(=O)COc1ccc(C#N)cc1. The molecule has 2 atom stereocenters. The van der Waals surface area contributed by atoms with E-state index in [2.05, 4.69) is 12.2 Å². The summed E-state index contributed by atoms with van der Waals surface area (Å²) in [6.07, 6.45) is 5.00. The van der Waals surface area contributed by atoms with Crippen molar-refractivity contribution in [1.29, 1.82) is 5.26 Å². The summed E-state index contributed by atoms with van der Waals surface area (Å²) in [5.74, 6) is 0.502. The first-order valence-corrected chi connectivity index (χ1v) is 8.43. The number of hydrogen-bond acceptors (Lipinski definition) is 3. The molecule has 1 unspecified atom stereocenters. The molecule has 23 heavy (non-hydrogen) atoms. The molecule has 1 amide bonds. The predicted molar refractivity (Wildman–Crippen MR) is 88.3 cm³/mol. The first-order valence-electron chi connectivity index (χ1n) is 8.43. The van der Waals surface area contributed by atoms with Gasteiger partial charge in [0.2, 0.25) is 0 Å². The molecule has 1 fully saturated rings. The van der Waals surface area contributed by atoms with E-state index < -0.39 is 0 Å². The van der Waals surface area contributed by atoms with Gasteiger partial charge in [0.25, 0.3) is 5.91 Å². The Bertz CT molecular complexity index is 536. The average Bonchev–Trinajstić information content (AvgIpc) is 2.59. The smallest absolute Gasteiger partial charge is 0.257 e. The number of piperidine rings is 1. The van der Waals surface area contributed by atoms with E-state index in [1.165, 1.54) is 25.8 Å². The summed E-state index contributed by atoms with van der Waals surface area (Å²) >= 11 is 0. The van der Waals surface area contributed by atoms with Crippen LogP contribution in [0.1, 0.15) is 38.2 Å². The summed E-state index contributed by atoms with van der Waals surface area (Å²) in [6, 6.07) is 9.55. The molecule has 1 heterocycles. The molecule has 0 aromatic heterocycles. The van der Waals surface area contributed by atoms with Crippen LogP contribution in [0.2, 0.25) is 0 Å². The molecule has 124 valence electrons. The van der Waals surface area contributed by atoms with E-state index in [1.807, 2.05) is 6.07 Å². The minimum absolute atomic E-state index is 0.0128. The van der Waals surface area contributed by atoms with Gasteiger partial charge in [-0.3, -0.25) is 4.79 Å². The van der Waals surface area contributed by atoms with E-state index in [0.29, 0.717) is 17.9 Å². The van der Waals surface area contributed by atoms with Crippen LogP contribution in [0.3, 0.4) is 0 Å². The fraction of sp³-hybridized carbons (Fsp3) is 0.556. The largest absolute Gasteiger partial charge is 0.484 e. The number of nitrogens with one attached hydrogen (secondary N) is 2. The maximum atomic E-state index is 11.8. The summed E-state index contributed by atoms with van der Waals surface area (Å²) in [5, 5.41) is 11.6. The summed E-state index contributed by atoms with van der Waals surface area (Å²) in [5.41, 5.74) is 0.580. The lowest BCUT2D eigenvalue weighted by Crippen LogP contribution is -3.16. The lowest BCUT2D eigenvalue weighted by Gasteiger charge is -2.30. The van der Waals surface area contributed by atoms with Crippen molar-refractivity contribution >= 4 is 5.91 Å². The molecule has 1 aliphatic rings. The quantitative estimate of drug-likeness (QED) is 0.735. The number of nitriles is 1. The molecular weight excluding hydrogens is 290 g/mol. The third kappa shape index (κ3) is 5.91. The topological polar surface area (TPSA) is 66.6 Å². The highest BCUT2D eigenvalue weighted by molar-refractivity contribution is 5.77. The van der Waals surface area contributed by atoms with Gasteiger partial charge in [-0.25, -0.2) is 0 Å². The minimum Gasteiger partial charge on any atom is -0.484 e. The monoisotopic (exact) mass is 316 g/mol. The number of nitrogens with zero attached hydrogens (tertiary/aromatic N) is 1. The van der Waals surface area contributed by atoms with E-state index in [9.17, 15) is 4.79 Å². The Kier molecular flexibility index (Phi) is 6.89. The molecule has 0 aliphatic carbocycles. The van der Waals surface area contributed by atoms with Gasteiger partial charge in [-0.15, -0.1) is 0 Å². The Hall–Kier alpha value is -2.06. The van der Waals surface area contributed by atoms with Gasteiger partial charge < -0.3 is 15.0 Å². The third-order valence-corrected chi connectivity index (χ3v) is 4.43. The average molecular weight is 316 g/mol.